The van der Waals surface area contributed by atoms with Crippen LogP contribution in [0.4, 0.5) is 0 Å². The molecule has 0 spiro atoms. The number of esters is 1. The van der Waals surface area contributed by atoms with Gasteiger partial charge in [0.15, 0.2) is 5.75 Å². The summed E-state index contributed by atoms with van der Waals surface area (Å²) in [7, 11) is -2.71. The van der Waals surface area contributed by atoms with Gasteiger partial charge < -0.3 is 9.84 Å². The highest BCUT2D eigenvalue weighted by Gasteiger charge is 2.34. The Labute approximate surface area is 111 Å². The Morgan fingerprint density at radius 1 is 1.47 bits per heavy atom. The monoisotopic (exact) mass is 285 g/mol. The molecule has 0 radical (unpaired) electrons. The molecule has 0 aliphatic heterocycles. The van der Waals surface area contributed by atoms with E-state index in [0.29, 0.717) is 6.42 Å². The molecule has 2 unspecified atom stereocenters. The average molecular weight is 285 g/mol. The topological polar surface area (TPSA) is 92.7 Å². The number of rotatable bonds is 4. The van der Waals surface area contributed by atoms with Crippen molar-refractivity contribution in [3.05, 3.63) is 35.4 Å². The van der Waals surface area contributed by atoms with Crippen LogP contribution in [0.3, 0.4) is 0 Å². The minimum atomic E-state index is -3.84. The molecule has 2 rings (SSSR count). The molecular formula is C12H15NO5S. The molecule has 1 aromatic carbocycles. The number of sulfonamides is 1. The smallest absolute Gasteiger partial charge is 0.322 e. The van der Waals surface area contributed by atoms with Crippen molar-refractivity contribution in [3.8, 4) is 0 Å². The van der Waals surface area contributed by atoms with Gasteiger partial charge >= 0.3 is 5.97 Å². The fourth-order valence-corrected chi connectivity index (χ4v) is 3.35. The second-order valence-corrected chi connectivity index (χ2v) is 6.15. The Hall–Kier alpha value is -1.44. The number of ether oxygens (including phenoxy) is 1. The van der Waals surface area contributed by atoms with Gasteiger partial charge in [-0.15, -0.1) is 0 Å². The Bertz CT molecular complexity index is 584. The molecule has 104 valence electrons. The summed E-state index contributed by atoms with van der Waals surface area (Å²) in [5.41, 5.74) is 1.64. The molecule has 19 heavy (non-hydrogen) atoms. The van der Waals surface area contributed by atoms with Gasteiger partial charge in [-0.1, -0.05) is 24.3 Å². The van der Waals surface area contributed by atoms with Crippen LogP contribution >= 0.6 is 0 Å². The zero-order valence-corrected chi connectivity index (χ0v) is 11.2. The predicted molar refractivity (Wildman–Crippen MR) is 67.8 cm³/mol. The molecule has 1 aliphatic rings. The maximum Gasteiger partial charge on any atom is 0.322 e. The van der Waals surface area contributed by atoms with Crippen LogP contribution in [0, 0.1) is 0 Å². The molecule has 2 atom stereocenters. The molecule has 0 saturated carbocycles. The third kappa shape index (κ3) is 3.12. The lowest BCUT2D eigenvalue weighted by Crippen LogP contribution is -2.37. The van der Waals surface area contributed by atoms with Crippen molar-refractivity contribution >= 4 is 16.0 Å². The van der Waals surface area contributed by atoms with Crippen LogP contribution < -0.4 is 4.72 Å². The highest BCUT2D eigenvalue weighted by Crippen LogP contribution is 2.31. The molecule has 0 heterocycles. The van der Waals surface area contributed by atoms with Gasteiger partial charge in [-0.2, -0.15) is 0 Å². The fourth-order valence-electron chi connectivity index (χ4n) is 2.17. The third-order valence-electron chi connectivity index (χ3n) is 3.05. The van der Waals surface area contributed by atoms with Crippen molar-refractivity contribution in [3.63, 3.8) is 0 Å². The van der Waals surface area contributed by atoms with E-state index in [0.717, 1.165) is 18.2 Å². The minimum Gasteiger partial charge on any atom is -0.468 e. The second kappa shape index (κ2) is 5.28. The number of benzene rings is 1. The van der Waals surface area contributed by atoms with E-state index in [1.807, 2.05) is 12.1 Å². The van der Waals surface area contributed by atoms with E-state index < -0.39 is 33.9 Å². The lowest BCUT2D eigenvalue weighted by atomic mass is 10.1. The van der Waals surface area contributed by atoms with Gasteiger partial charge in [0.05, 0.1) is 19.3 Å². The standard InChI is InChI=1S/C12H15NO5S/c1-18-11(15)7-19(16,17)13-12-9-5-3-2-4-8(9)6-10(12)14/h2-5,10,12-14H,6-7H2,1H3. The zero-order valence-electron chi connectivity index (χ0n) is 10.4. The van der Waals surface area contributed by atoms with E-state index in [1.165, 1.54) is 0 Å². The molecule has 6 nitrogen and oxygen atoms in total. The number of carbonyl (C=O) groups is 1. The maximum absolute atomic E-state index is 11.8. The lowest BCUT2D eigenvalue weighted by molar-refractivity contribution is -0.137. The Kier molecular flexibility index (Phi) is 3.88. The number of fused-ring (bicyclic) bond motifs is 1. The molecule has 1 aliphatic carbocycles. The van der Waals surface area contributed by atoms with E-state index in [2.05, 4.69) is 9.46 Å². The van der Waals surface area contributed by atoms with Crippen molar-refractivity contribution in [2.24, 2.45) is 0 Å². The van der Waals surface area contributed by atoms with Crippen LogP contribution in [0.25, 0.3) is 0 Å². The molecule has 1 aromatic rings. The van der Waals surface area contributed by atoms with Crippen molar-refractivity contribution in [2.75, 3.05) is 12.9 Å². The maximum atomic E-state index is 11.8. The van der Waals surface area contributed by atoms with E-state index in [-0.39, 0.29) is 0 Å². The molecule has 2 N–H and O–H groups in total. The quantitative estimate of drug-likeness (QED) is 0.743. The van der Waals surface area contributed by atoms with Gasteiger partial charge in [0.1, 0.15) is 0 Å². The molecule has 0 aromatic heterocycles. The number of aliphatic hydroxyl groups excluding tert-OH is 1. The second-order valence-electron chi connectivity index (χ2n) is 4.40. The highest BCUT2D eigenvalue weighted by molar-refractivity contribution is 7.90. The number of aliphatic hydroxyl groups is 1. The molecule has 0 saturated heterocycles. The van der Waals surface area contributed by atoms with Crippen molar-refractivity contribution < 1.29 is 23.1 Å². The summed E-state index contributed by atoms with van der Waals surface area (Å²) in [6.45, 7) is 0. The summed E-state index contributed by atoms with van der Waals surface area (Å²) < 4.78 is 30.3. The van der Waals surface area contributed by atoms with Crippen LogP contribution in [0.2, 0.25) is 0 Å². The highest BCUT2D eigenvalue weighted by atomic mass is 32.2. The van der Waals surface area contributed by atoms with E-state index >= 15 is 0 Å². The van der Waals surface area contributed by atoms with E-state index in [1.54, 1.807) is 12.1 Å². The lowest BCUT2D eigenvalue weighted by Gasteiger charge is -2.17. The normalized spacial score (nSPS) is 22.0. The molecular weight excluding hydrogens is 270 g/mol. The summed E-state index contributed by atoms with van der Waals surface area (Å²) >= 11 is 0. The molecule has 7 heteroatoms. The Balaban J connectivity index is 2.18. The van der Waals surface area contributed by atoms with Gasteiger partial charge in [-0.3, -0.25) is 4.79 Å². The van der Waals surface area contributed by atoms with Gasteiger partial charge in [-0.25, -0.2) is 13.1 Å². The summed E-state index contributed by atoms with van der Waals surface area (Å²) in [6, 6.07) is 6.49. The fraction of sp³-hybridized carbons (Fsp3) is 0.417. The average Bonchev–Trinajstić information content (AvgIpc) is 2.65. The number of carbonyl (C=O) groups excluding carboxylic acids is 1. The van der Waals surface area contributed by atoms with Crippen LogP contribution in [0.15, 0.2) is 24.3 Å². The summed E-state index contributed by atoms with van der Waals surface area (Å²) in [5.74, 6) is -1.59. The van der Waals surface area contributed by atoms with Gasteiger partial charge in [-0.05, 0) is 11.1 Å². The van der Waals surface area contributed by atoms with Crippen LogP contribution in [0.5, 0.6) is 0 Å². The SMILES string of the molecule is COC(=O)CS(=O)(=O)NC1c2ccccc2CC1O. The van der Waals surface area contributed by atoms with Crippen LogP contribution in [0.1, 0.15) is 17.2 Å². The number of hydrogen-bond donors (Lipinski definition) is 2. The number of methoxy groups -OCH3 is 1. The first-order chi connectivity index (χ1) is 8.93. The predicted octanol–water partition coefficient (Wildman–Crippen LogP) is -0.263. The number of nitrogens with one attached hydrogen (secondary N) is 1. The Morgan fingerprint density at radius 2 is 2.16 bits per heavy atom. The molecule has 0 bridgehead atoms. The van der Waals surface area contributed by atoms with Crippen LogP contribution in [-0.2, 0) is 26.0 Å². The zero-order chi connectivity index (χ0) is 14.0. The summed E-state index contributed by atoms with van der Waals surface area (Å²) in [6.07, 6.45) is -0.438. The molecule has 0 amide bonds. The first-order valence-corrected chi connectivity index (χ1v) is 7.41. The minimum absolute atomic E-state index is 0.390. The summed E-state index contributed by atoms with van der Waals surface area (Å²) in [5, 5.41) is 9.92. The van der Waals surface area contributed by atoms with Crippen LogP contribution in [-0.4, -0.2) is 38.5 Å². The Morgan fingerprint density at radius 3 is 2.84 bits per heavy atom. The van der Waals surface area contributed by atoms with Gasteiger partial charge in [0.25, 0.3) is 0 Å². The summed E-state index contributed by atoms with van der Waals surface area (Å²) in [4.78, 5) is 11.0. The first kappa shape index (κ1) is 14.0. The van der Waals surface area contributed by atoms with Gasteiger partial charge in [0, 0.05) is 6.42 Å². The van der Waals surface area contributed by atoms with Crippen molar-refractivity contribution in [1.29, 1.82) is 0 Å². The third-order valence-corrected chi connectivity index (χ3v) is 4.27. The van der Waals surface area contributed by atoms with Gasteiger partial charge in [0.2, 0.25) is 10.0 Å². The van der Waals surface area contributed by atoms with Crippen molar-refractivity contribution in [1.82, 2.24) is 4.72 Å². The number of hydrogen-bond acceptors (Lipinski definition) is 5. The van der Waals surface area contributed by atoms with Crippen molar-refractivity contribution in [2.45, 2.75) is 18.6 Å². The van der Waals surface area contributed by atoms with E-state index in [9.17, 15) is 18.3 Å². The van der Waals surface area contributed by atoms with E-state index in [4.69, 9.17) is 0 Å². The largest absolute Gasteiger partial charge is 0.468 e. The first-order valence-electron chi connectivity index (χ1n) is 5.75. The molecule has 0 fully saturated rings.